The topological polar surface area (TPSA) is 12.0 Å². The highest BCUT2D eigenvalue weighted by atomic mass is 14.9. The molecule has 0 radical (unpaired) electrons. The molecule has 0 fully saturated rings. The van der Waals surface area contributed by atoms with Crippen LogP contribution in [0.4, 0.5) is 0 Å². The number of hydrogen-bond acceptors (Lipinski definition) is 1. The van der Waals surface area contributed by atoms with Gasteiger partial charge in [-0.15, -0.1) is 0 Å². The molecule has 3 atom stereocenters. The third kappa shape index (κ3) is 2.71. The first-order chi connectivity index (χ1) is 8.26. The Morgan fingerprint density at radius 2 is 2.00 bits per heavy atom. The van der Waals surface area contributed by atoms with Gasteiger partial charge in [0.2, 0.25) is 0 Å². The molecule has 3 unspecified atom stereocenters. The molecule has 0 bridgehead atoms. The van der Waals surface area contributed by atoms with Crippen LogP contribution in [0.1, 0.15) is 37.8 Å². The Balaban J connectivity index is 2.10. The molecule has 0 saturated heterocycles. The minimum Gasteiger partial charge on any atom is -0.316 e. The predicted molar refractivity (Wildman–Crippen MR) is 74.3 cm³/mol. The second kappa shape index (κ2) is 5.68. The average Bonchev–Trinajstić information content (AvgIpc) is 2.39. The van der Waals surface area contributed by atoms with Crippen molar-refractivity contribution in [1.29, 1.82) is 0 Å². The van der Waals surface area contributed by atoms with Gasteiger partial charge in [0.1, 0.15) is 0 Å². The predicted octanol–water partition coefficient (Wildman–Crippen LogP) is 3.43. The Bertz CT molecular complexity index is 358. The van der Waals surface area contributed by atoms with Crippen molar-refractivity contribution < 1.29 is 0 Å². The fourth-order valence-electron chi connectivity index (χ4n) is 3.27. The molecule has 1 nitrogen and oxygen atoms in total. The van der Waals surface area contributed by atoms with Gasteiger partial charge in [0, 0.05) is 6.04 Å². The maximum atomic E-state index is 3.55. The Kier molecular flexibility index (Phi) is 4.22. The zero-order chi connectivity index (χ0) is 12.3. The summed E-state index contributed by atoms with van der Waals surface area (Å²) in [4.78, 5) is 0. The van der Waals surface area contributed by atoms with E-state index >= 15 is 0 Å². The Morgan fingerprint density at radius 1 is 1.29 bits per heavy atom. The molecule has 1 aromatic rings. The van der Waals surface area contributed by atoms with E-state index in [9.17, 15) is 0 Å². The molecule has 1 aliphatic carbocycles. The van der Waals surface area contributed by atoms with Gasteiger partial charge in [-0.05, 0) is 49.3 Å². The smallest absolute Gasteiger partial charge is 0.0121 e. The van der Waals surface area contributed by atoms with Crippen LogP contribution in [0.2, 0.25) is 0 Å². The van der Waals surface area contributed by atoms with Crippen LogP contribution in [0.5, 0.6) is 0 Å². The van der Waals surface area contributed by atoms with E-state index in [0.717, 1.165) is 11.8 Å². The summed E-state index contributed by atoms with van der Waals surface area (Å²) in [6, 6.07) is 9.63. The van der Waals surface area contributed by atoms with Crippen molar-refractivity contribution in [3.8, 4) is 0 Å². The second-order valence-corrected chi connectivity index (χ2v) is 5.47. The van der Waals surface area contributed by atoms with Gasteiger partial charge >= 0.3 is 0 Å². The van der Waals surface area contributed by atoms with Gasteiger partial charge < -0.3 is 5.32 Å². The van der Waals surface area contributed by atoms with Gasteiger partial charge in [0.15, 0.2) is 0 Å². The van der Waals surface area contributed by atoms with Crippen molar-refractivity contribution in [3.05, 3.63) is 35.4 Å². The van der Waals surface area contributed by atoms with E-state index in [4.69, 9.17) is 0 Å². The SMILES string of the molecule is CCC(C)C(NC)C1CCc2ccccc2C1. The summed E-state index contributed by atoms with van der Waals surface area (Å²) < 4.78 is 0. The zero-order valence-corrected chi connectivity index (χ0v) is 11.4. The third-order valence-electron chi connectivity index (χ3n) is 4.48. The molecule has 0 aliphatic heterocycles. The average molecular weight is 231 g/mol. The monoisotopic (exact) mass is 231 g/mol. The number of nitrogens with one attached hydrogen (secondary N) is 1. The van der Waals surface area contributed by atoms with Gasteiger partial charge in [-0.1, -0.05) is 44.5 Å². The van der Waals surface area contributed by atoms with E-state index in [1.54, 1.807) is 11.1 Å². The van der Waals surface area contributed by atoms with Gasteiger partial charge in [-0.2, -0.15) is 0 Å². The molecule has 1 heteroatoms. The first kappa shape index (κ1) is 12.6. The summed E-state index contributed by atoms with van der Waals surface area (Å²) in [6.45, 7) is 4.67. The van der Waals surface area contributed by atoms with Crippen molar-refractivity contribution in [2.45, 2.75) is 45.6 Å². The lowest BCUT2D eigenvalue weighted by atomic mass is 9.76. The third-order valence-corrected chi connectivity index (χ3v) is 4.48. The Hall–Kier alpha value is -0.820. The van der Waals surface area contributed by atoms with Crippen molar-refractivity contribution in [2.75, 3.05) is 7.05 Å². The maximum Gasteiger partial charge on any atom is 0.0121 e. The van der Waals surface area contributed by atoms with E-state index in [1.807, 2.05) is 0 Å². The molecule has 1 aliphatic rings. The summed E-state index contributed by atoms with van der Waals surface area (Å²) in [7, 11) is 2.12. The van der Waals surface area contributed by atoms with Crippen LogP contribution in [-0.2, 0) is 12.8 Å². The van der Waals surface area contributed by atoms with E-state index in [1.165, 1.54) is 25.7 Å². The van der Waals surface area contributed by atoms with Crippen molar-refractivity contribution in [3.63, 3.8) is 0 Å². The van der Waals surface area contributed by atoms with Crippen LogP contribution in [0.3, 0.4) is 0 Å². The van der Waals surface area contributed by atoms with E-state index < -0.39 is 0 Å². The Morgan fingerprint density at radius 3 is 2.65 bits per heavy atom. The van der Waals surface area contributed by atoms with Gasteiger partial charge in [-0.3, -0.25) is 0 Å². The summed E-state index contributed by atoms with van der Waals surface area (Å²) in [5.74, 6) is 1.58. The second-order valence-electron chi connectivity index (χ2n) is 5.47. The first-order valence-corrected chi connectivity index (χ1v) is 7.00. The summed E-state index contributed by atoms with van der Waals surface area (Å²) in [5.41, 5.74) is 3.15. The molecule has 0 spiro atoms. The largest absolute Gasteiger partial charge is 0.316 e. The van der Waals surface area contributed by atoms with E-state index in [0.29, 0.717) is 6.04 Å². The van der Waals surface area contributed by atoms with Crippen molar-refractivity contribution in [1.82, 2.24) is 5.32 Å². The van der Waals surface area contributed by atoms with Crippen LogP contribution in [0, 0.1) is 11.8 Å². The van der Waals surface area contributed by atoms with Crippen LogP contribution < -0.4 is 5.32 Å². The maximum absolute atomic E-state index is 3.55. The summed E-state index contributed by atoms with van der Waals surface area (Å²) in [6.07, 6.45) is 5.12. The molecule has 17 heavy (non-hydrogen) atoms. The number of benzene rings is 1. The van der Waals surface area contributed by atoms with Crippen molar-refractivity contribution >= 4 is 0 Å². The number of hydrogen-bond donors (Lipinski definition) is 1. The van der Waals surface area contributed by atoms with Crippen LogP contribution >= 0.6 is 0 Å². The first-order valence-electron chi connectivity index (χ1n) is 7.00. The van der Waals surface area contributed by atoms with Crippen molar-refractivity contribution in [2.24, 2.45) is 11.8 Å². The standard InChI is InChI=1S/C16H25N/c1-4-12(2)16(17-3)15-10-9-13-7-5-6-8-14(13)11-15/h5-8,12,15-17H,4,9-11H2,1-3H3. The molecule has 1 N–H and O–H groups in total. The number of rotatable bonds is 4. The minimum absolute atomic E-state index is 0.674. The molecule has 0 amide bonds. The lowest BCUT2D eigenvalue weighted by molar-refractivity contribution is 0.255. The van der Waals surface area contributed by atoms with E-state index in [2.05, 4.69) is 50.5 Å². The number of fused-ring (bicyclic) bond motifs is 1. The molecule has 0 saturated carbocycles. The number of aryl methyl sites for hydroxylation is 1. The molecule has 94 valence electrons. The molecule has 2 rings (SSSR count). The van der Waals surface area contributed by atoms with Crippen LogP contribution in [0.15, 0.2) is 24.3 Å². The minimum atomic E-state index is 0.674. The fourth-order valence-corrected chi connectivity index (χ4v) is 3.27. The fraction of sp³-hybridized carbons (Fsp3) is 0.625. The molecular formula is C16H25N. The lowest BCUT2D eigenvalue weighted by Gasteiger charge is -2.34. The molecule has 0 heterocycles. The van der Waals surface area contributed by atoms with Crippen LogP contribution in [-0.4, -0.2) is 13.1 Å². The molecule has 1 aromatic carbocycles. The highest BCUT2D eigenvalue weighted by molar-refractivity contribution is 5.30. The summed E-state index contributed by atoms with van der Waals surface area (Å²) in [5, 5.41) is 3.55. The quantitative estimate of drug-likeness (QED) is 0.837. The molecule has 0 aromatic heterocycles. The van der Waals surface area contributed by atoms with Gasteiger partial charge in [-0.25, -0.2) is 0 Å². The van der Waals surface area contributed by atoms with Gasteiger partial charge in [0.25, 0.3) is 0 Å². The zero-order valence-electron chi connectivity index (χ0n) is 11.4. The normalized spacial score (nSPS) is 22.9. The summed E-state index contributed by atoms with van der Waals surface area (Å²) >= 11 is 0. The highest BCUT2D eigenvalue weighted by Crippen LogP contribution is 2.30. The Labute approximate surface area is 106 Å². The van der Waals surface area contributed by atoms with Gasteiger partial charge in [0.05, 0.1) is 0 Å². The lowest BCUT2D eigenvalue weighted by Crippen LogP contribution is -2.41. The highest BCUT2D eigenvalue weighted by Gasteiger charge is 2.27. The molecular weight excluding hydrogens is 206 g/mol. The van der Waals surface area contributed by atoms with E-state index in [-0.39, 0.29) is 0 Å². The van der Waals surface area contributed by atoms with Crippen LogP contribution in [0.25, 0.3) is 0 Å².